The number of aryl methyl sites for hydroxylation is 1. The SMILES string of the molecule is Cc1nn(CC(=O)OCC(=O)N2CCCCC2)c(C)c1[N+](=O)[O-]. The fourth-order valence-corrected chi connectivity index (χ4v) is 2.65. The average Bonchev–Trinajstić information content (AvgIpc) is 2.79. The summed E-state index contributed by atoms with van der Waals surface area (Å²) >= 11 is 0. The summed E-state index contributed by atoms with van der Waals surface area (Å²) in [6.07, 6.45) is 3.05. The zero-order valence-corrected chi connectivity index (χ0v) is 13.3. The van der Waals surface area contributed by atoms with Gasteiger partial charge in [0.2, 0.25) is 0 Å². The molecule has 2 heterocycles. The maximum absolute atomic E-state index is 11.9. The van der Waals surface area contributed by atoms with Gasteiger partial charge >= 0.3 is 11.7 Å². The van der Waals surface area contributed by atoms with Crippen molar-refractivity contribution >= 4 is 17.6 Å². The van der Waals surface area contributed by atoms with E-state index in [1.54, 1.807) is 4.90 Å². The Hall–Kier alpha value is -2.45. The molecule has 0 unspecified atom stereocenters. The summed E-state index contributed by atoms with van der Waals surface area (Å²) in [4.78, 5) is 35.8. The summed E-state index contributed by atoms with van der Waals surface area (Å²) < 4.78 is 6.19. The standard InChI is InChI=1S/C14H20N4O5/c1-10-14(18(21)22)11(2)17(15-10)8-13(20)23-9-12(19)16-6-4-3-5-7-16/h3-9H2,1-2H3. The van der Waals surface area contributed by atoms with Crippen LogP contribution >= 0.6 is 0 Å². The highest BCUT2D eigenvalue weighted by molar-refractivity contribution is 5.80. The van der Waals surface area contributed by atoms with Gasteiger partial charge in [-0.15, -0.1) is 0 Å². The molecule has 0 bridgehead atoms. The Labute approximate surface area is 133 Å². The molecule has 23 heavy (non-hydrogen) atoms. The third-order valence-corrected chi connectivity index (χ3v) is 3.87. The first-order chi connectivity index (χ1) is 10.9. The van der Waals surface area contributed by atoms with Crippen molar-refractivity contribution in [2.45, 2.75) is 39.7 Å². The highest BCUT2D eigenvalue weighted by atomic mass is 16.6. The van der Waals surface area contributed by atoms with Crippen LogP contribution in [0.2, 0.25) is 0 Å². The third-order valence-electron chi connectivity index (χ3n) is 3.87. The van der Waals surface area contributed by atoms with E-state index in [0.717, 1.165) is 19.3 Å². The summed E-state index contributed by atoms with van der Waals surface area (Å²) in [5.41, 5.74) is 0.415. The van der Waals surface area contributed by atoms with E-state index in [9.17, 15) is 19.7 Å². The molecule has 0 atom stereocenters. The van der Waals surface area contributed by atoms with Crippen LogP contribution in [-0.4, -0.2) is 51.2 Å². The number of carbonyl (C=O) groups is 2. The van der Waals surface area contributed by atoms with Crippen LogP contribution in [0.25, 0.3) is 0 Å². The summed E-state index contributed by atoms with van der Waals surface area (Å²) in [7, 11) is 0. The molecule has 1 saturated heterocycles. The molecule has 1 aliphatic rings. The number of piperidine rings is 1. The summed E-state index contributed by atoms with van der Waals surface area (Å²) in [5.74, 6) is -0.853. The van der Waals surface area contributed by atoms with Gasteiger partial charge in [0, 0.05) is 13.1 Å². The lowest BCUT2D eigenvalue weighted by Crippen LogP contribution is -2.38. The Balaban J connectivity index is 1.89. The number of likely N-dealkylation sites (tertiary alicyclic amines) is 1. The quantitative estimate of drug-likeness (QED) is 0.453. The van der Waals surface area contributed by atoms with Crippen LogP contribution in [-0.2, 0) is 20.9 Å². The lowest BCUT2D eigenvalue weighted by Gasteiger charge is -2.26. The van der Waals surface area contributed by atoms with E-state index in [1.165, 1.54) is 18.5 Å². The Kier molecular flexibility index (Phi) is 5.30. The Morgan fingerprint density at radius 3 is 2.48 bits per heavy atom. The average molecular weight is 324 g/mol. The highest BCUT2D eigenvalue weighted by Gasteiger charge is 2.23. The van der Waals surface area contributed by atoms with E-state index in [2.05, 4.69) is 5.10 Å². The lowest BCUT2D eigenvalue weighted by molar-refractivity contribution is -0.386. The molecule has 1 aromatic heterocycles. The molecule has 1 amide bonds. The smallest absolute Gasteiger partial charge is 0.328 e. The second kappa shape index (κ2) is 7.21. The van der Waals surface area contributed by atoms with E-state index in [-0.39, 0.29) is 36.1 Å². The predicted molar refractivity (Wildman–Crippen MR) is 79.7 cm³/mol. The Morgan fingerprint density at radius 2 is 1.91 bits per heavy atom. The van der Waals surface area contributed by atoms with Crippen LogP contribution in [0.5, 0.6) is 0 Å². The molecule has 126 valence electrons. The van der Waals surface area contributed by atoms with Gasteiger partial charge in [-0.1, -0.05) is 0 Å². The molecule has 1 aliphatic heterocycles. The number of carbonyl (C=O) groups excluding carboxylic acids is 2. The first kappa shape index (κ1) is 16.9. The molecular weight excluding hydrogens is 304 g/mol. The number of nitrogens with zero attached hydrogens (tertiary/aromatic N) is 4. The molecule has 0 radical (unpaired) electrons. The van der Waals surface area contributed by atoms with Crippen molar-refractivity contribution < 1.29 is 19.2 Å². The van der Waals surface area contributed by atoms with Crippen LogP contribution in [0.4, 0.5) is 5.69 Å². The van der Waals surface area contributed by atoms with Gasteiger partial charge in [0.15, 0.2) is 6.61 Å². The molecule has 1 fully saturated rings. The summed E-state index contributed by atoms with van der Waals surface area (Å²) in [6, 6.07) is 0. The molecule has 9 nitrogen and oxygen atoms in total. The van der Waals surface area contributed by atoms with Crippen molar-refractivity contribution in [3.05, 3.63) is 21.5 Å². The first-order valence-electron chi connectivity index (χ1n) is 7.52. The van der Waals surface area contributed by atoms with Crippen LogP contribution in [0.15, 0.2) is 0 Å². The van der Waals surface area contributed by atoms with E-state index in [1.807, 2.05) is 0 Å². The normalized spacial score (nSPS) is 14.6. The van der Waals surface area contributed by atoms with Crippen molar-refractivity contribution in [2.75, 3.05) is 19.7 Å². The minimum absolute atomic E-state index is 0.109. The molecule has 0 spiro atoms. The van der Waals surface area contributed by atoms with Crippen LogP contribution in [0.1, 0.15) is 30.7 Å². The predicted octanol–water partition coefficient (Wildman–Crippen LogP) is 0.964. The maximum atomic E-state index is 11.9. The molecule has 0 aliphatic carbocycles. The number of nitro groups is 1. The zero-order chi connectivity index (χ0) is 17.0. The number of aromatic nitrogens is 2. The largest absolute Gasteiger partial charge is 0.454 e. The highest BCUT2D eigenvalue weighted by Crippen LogP contribution is 2.21. The Morgan fingerprint density at radius 1 is 1.26 bits per heavy atom. The topological polar surface area (TPSA) is 108 Å². The second-order valence-electron chi connectivity index (χ2n) is 5.54. The summed E-state index contributed by atoms with van der Waals surface area (Å²) in [5, 5.41) is 14.9. The number of esters is 1. The van der Waals surface area contributed by atoms with Gasteiger partial charge in [-0.2, -0.15) is 5.10 Å². The van der Waals surface area contributed by atoms with Gasteiger partial charge < -0.3 is 9.64 Å². The number of hydrogen-bond acceptors (Lipinski definition) is 6. The van der Waals surface area contributed by atoms with Crippen LogP contribution < -0.4 is 0 Å². The number of ether oxygens (including phenoxy) is 1. The van der Waals surface area contributed by atoms with Crippen LogP contribution in [0.3, 0.4) is 0 Å². The van der Waals surface area contributed by atoms with Gasteiger partial charge in [0.05, 0.1) is 4.92 Å². The third kappa shape index (κ3) is 4.05. The summed E-state index contributed by atoms with van der Waals surface area (Å²) in [6.45, 7) is 3.85. The molecular formula is C14H20N4O5. The maximum Gasteiger partial charge on any atom is 0.328 e. The monoisotopic (exact) mass is 324 g/mol. The van der Waals surface area contributed by atoms with Gasteiger partial charge in [-0.05, 0) is 33.1 Å². The van der Waals surface area contributed by atoms with Crippen molar-refractivity contribution in [3.8, 4) is 0 Å². The van der Waals surface area contributed by atoms with Gasteiger partial charge in [0.25, 0.3) is 5.91 Å². The Bertz CT molecular complexity index is 619. The van der Waals surface area contributed by atoms with Gasteiger partial charge in [0.1, 0.15) is 17.9 Å². The van der Waals surface area contributed by atoms with Crippen molar-refractivity contribution in [1.29, 1.82) is 0 Å². The van der Waals surface area contributed by atoms with Crippen molar-refractivity contribution in [3.63, 3.8) is 0 Å². The molecule has 1 aromatic rings. The zero-order valence-electron chi connectivity index (χ0n) is 13.3. The fourth-order valence-electron chi connectivity index (χ4n) is 2.65. The lowest BCUT2D eigenvalue weighted by atomic mass is 10.1. The fraction of sp³-hybridized carbons (Fsp3) is 0.643. The first-order valence-corrected chi connectivity index (χ1v) is 7.52. The van der Waals surface area contributed by atoms with E-state index >= 15 is 0 Å². The minimum atomic E-state index is -0.643. The molecule has 9 heteroatoms. The van der Waals surface area contributed by atoms with Crippen molar-refractivity contribution in [2.24, 2.45) is 0 Å². The number of rotatable bonds is 5. The number of amides is 1. The van der Waals surface area contributed by atoms with Gasteiger partial charge in [-0.25, -0.2) is 0 Å². The van der Waals surface area contributed by atoms with E-state index in [4.69, 9.17) is 4.74 Å². The van der Waals surface area contributed by atoms with E-state index in [0.29, 0.717) is 13.1 Å². The number of hydrogen-bond donors (Lipinski definition) is 0. The van der Waals surface area contributed by atoms with Gasteiger partial charge in [-0.3, -0.25) is 24.4 Å². The molecule has 0 saturated carbocycles. The van der Waals surface area contributed by atoms with Crippen LogP contribution in [0, 0.1) is 24.0 Å². The molecule has 0 N–H and O–H groups in total. The molecule has 0 aromatic carbocycles. The van der Waals surface area contributed by atoms with Crippen molar-refractivity contribution in [1.82, 2.24) is 14.7 Å². The van der Waals surface area contributed by atoms with E-state index < -0.39 is 10.9 Å². The minimum Gasteiger partial charge on any atom is -0.454 e. The second-order valence-corrected chi connectivity index (χ2v) is 5.54. The molecule has 2 rings (SSSR count).